The average molecular weight is 217 g/mol. The third-order valence-corrected chi connectivity index (χ3v) is 1.98. The lowest BCUT2D eigenvalue weighted by Crippen LogP contribution is -2.20. The van der Waals surface area contributed by atoms with Crippen LogP contribution in [0.2, 0.25) is 0 Å². The van der Waals surface area contributed by atoms with E-state index < -0.39 is 0 Å². The molecule has 0 radical (unpaired) electrons. The quantitative estimate of drug-likeness (QED) is 0.575. The van der Waals surface area contributed by atoms with Gasteiger partial charge in [0, 0.05) is 19.0 Å². The van der Waals surface area contributed by atoms with E-state index in [1.165, 1.54) is 0 Å². The minimum absolute atomic E-state index is 0.587. The monoisotopic (exact) mass is 216 g/mol. The molecule has 0 aliphatic heterocycles. The molecular weight excluding hydrogens is 200 g/mol. The Kier molecular flexibility index (Phi) is 4.90. The third kappa shape index (κ3) is 3.64. The maximum atomic E-state index is 5.56. The van der Waals surface area contributed by atoms with Gasteiger partial charge in [0.15, 0.2) is 0 Å². The Morgan fingerprint density at radius 2 is 2.36 bits per heavy atom. The molecule has 14 heavy (non-hydrogen) atoms. The predicted octanol–water partition coefficient (Wildman–Crippen LogP) is 1.26. The van der Waals surface area contributed by atoms with Gasteiger partial charge in [-0.25, -0.2) is 9.67 Å². The molecule has 0 aliphatic carbocycles. The van der Waals surface area contributed by atoms with E-state index in [0.717, 1.165) is 25.5 Å². The number of aromatic nitrogens is 3. The summed E-state index contributed by atoms with van der Waals surface area (Å²) in [6.45, 7) is 6.78. The first kappa shape index (κ1) is 11.5. The van der Waals surface area contributed by atoms with Gasteiger partial charge in [0.2, 0.25) is 0 Å². The molecule has 0 fully saturated rings. The van der Waals surface area contributed by atoms with Crippen molar-refractivity contribution in [2.45, 2.75) is 26.9 Å². The molecule has 1 heterocycles. The van der Waals surface area contributed by atoms with Crippen LogP contribution >= 0.6 is 11.6 Å². The van der Waals surface area contributed by atoms with E-state index in [1.54, 1.807) is 6.33 Å². The summed E-state index contributed by atoms with van der Waals surface area (Å²) >= 11 is 5.56. The first-order chi connectivity index (χ1) is 6.74. The number of hydrogen-bond acceptors (Lipinski definition) is 3. The maximum Gasteiger partial charge on any atom is 0.140 e. The fourth-order valence-electron chi connectivity index (χ4n) is 1.19. The van der Waals surface area contributed by atoms with Gasteiger partial charge in [0.1, 0.15) is 12.2 Å². The van der Waals surface area contributed by atoms with Gasteiger partial charge in [-0.1, -0.05) is 13.8 Å². The minimum atomic E-state index is 0.587. The molecule has 1 rings (SSSR count). The molecule has 1 aromatic heterocycles. The summed E-state index contributed by atoms with van der Waals surface area (Å²) < 4.78 is 1.94. The van der Waals surface area contributed by atoms with Gasteiger partial charge < -0.3 is 5.32 Å². The summed E-state index contributed by atoms with van der Waals surface area (Å²) in [5, 5.41) is 7.36. The second-order valence-electron chi connectivity index (χ2n) is 3.62. The van der Waals surface area contributed by atoms with Crippen LogP contribution in [-0.4, -0.2) is 27.2 Å². The highest BCUT2D eigenvalue weighted by Crippen LogP contribution is 2.00. The lowest BCUT2D eigenvalue weighted by molar-refractivity contribution is 0.459. The number of alkyl halides is 1. The van der Waals surface area contributed by atoms with E-state index in [-0.39, 0.29) is 0 Å². The number of hydrogen-bond donors (Lipinski definition) is 1. The number of rotatable bonds is 6. The normalized spacial score (nSPS) is 11.1. The Balaban J connectivity index is 2.45. The van der Waals surface area contributed by atoms with Crippen molar-refractivity contribution >= 4 is 11.6 Å². The van der Waals surface area contributed by atoms with Gasteiger partial charge >= 0.3 is 0 Å². The zero-order valence-electron chi connectivity index (χ0n) is 8.70. The van der Waals surface area contributed by atoms with Gasteiger partial charge in [0.05, 0.1) is 6.54 Å². The van der Waals surface area contributed by atoms with Crippen LogP contribution in [0, 0.1) is 5.92 Å². The number of halogens is 1. The van der Waals surface area contributed by atoms with Crippen molar-refractivity contribution in [2.75, 3.05) is 12.4 Å². The van der Waals surface area contributed by atoms with E-state index in [2.05, 4.69) is 29.2 Å². The molecule has 0 atom stereocenters. The van der Waals surface area contributed by atoms with Crippen LogP contribution in [0.25, 0.3) is 0 Å². The van der Waals surface area contributed by atoms with Crippen LogP contribution in [0.4, 0.5) is 0 Å². The molecule has 0 spiro atoms. The van der Waals surface area contributed by atoms with Crippen LogP contribution < -0.4 is 5.32 Å². The van der Waals surface area contributed by atoms with Gasteiger partial charge in [-0.2, -0.15) is 5.10 Å². The number of nitrogens with one attached hydrogen (secondary N) is 1. The van der Waals surface area contributed by atoms with Crippen molar-refractivity contribution in [1.29, 1.82) is 0 Å². The molecule has 0 amide bonds. The molecule has 0 saturated carbocycles. The summed E-state index contributed by atoms with van der Waals surface area (Å²) in [4.78, 5) is 4.19. The SMILES string of the molecule is CC(C)Cn1ncnc1CNCCCl. The molecule has 1 N–H and O–H groups in total. The Morgan fingerprint density at radius 1 is 1.57 bits per heavy atom. The van der Waals surface area contributed by atoms with E-state index in [1.807, 2.05) is 4.68 Å². The van der Waals surface area contributed by atoms with Crippen LogP contribution in [0.1, 0.15) is 19.7 Å². The van der Waals surface area contributed by atoms with Crippen LogP contribution in [0.5, 0.6) is 0 Å². The predicted molar refractivity (Wildman–Crippen MR) is 57.3 cm³/mol. The molecule has 4 nitrogen and oxygen atoms in total. The molecule has 1 aromatic rings. The van der Waals surface area contributed by atoms with E-state index in [9.17, 15) is 0 Å². The van der Waals surface area contributed by atoms with Crippen molar-refractivity contribution in [2.24, 2.45) is 5.92 Å². The van der Waals surface area contributed by atoms with Gasteiger partial charge in [0.25, 0.3) is 0 Å². The summed E-state index contributed by atoms with van der Waals surface area (Å²) in [6.07, 6.45) is 1.60. The first-order valence-electron chi connectivity index (χ1n) is 4.87. The molecule has 0 aliphatic rings. The second-order valence-corrected chi connectivity index (χ2v) is 4.00. The molecule has 5 heteroatoms. The van der Waals surface area contributed by atoms with Crippen LogP contribution in [-0.2, 0) is 13.1 Å². The lowest BCUT2D eigenvalue weighted by atomic mass is 10.2. The molecule has 0 aromatic carbocycles. The van der Waals surface area contributed by atoms with Gasteiger partial charge in [-0.15, -0.1) is 11.6 Å². The fraction of sp³-hybridized carbons (Fsp3) is 0.778. The van der Waals surface area contributed by atoms with E-state index in [0.29, 0.717) is 11.8 Å². The van der Waals surface area contributed by atoms with Crippen molar-refractivity contribution in [3.63, 3.8) is 0 Å². The Bertz CT molecular complexity index is 259. The standard InChI is InChI=1S/C9H17ClN4/c1-8(2)6-14-9(12-7-13-14)5-11-4-3-10/h7-8,11H,3-6H2,1-2H3. The van der Waals surface area contributed by atoms with E-state index in [4.69, 9.17) is 11.6 Å². The zero-order chi connectivity index (χ0) is 10.4. The molecule has 0 bridgehead atoms. The molecule has 80 valence electrons. The highest BCUT2D eigenvalue weighted by atomic mass is 35.5. The van der Waals surface area contributed by atoms with Gasteiger partial charge in [-0.05, 0) is 5.92 Å². The Labute approximate surface area is 89.7 Å². The summed E-state index contributed by atoms with van der Waals surface area (Å²) in [7, 11) is 0. The first-order valence-corrected chi connectivity index (χ1v) is 5.41. The molecule has 0 saturated heterocycles. The van der Waals surface area contributed by atoms with Crippen molar-refractivity contribution in [3.05, 3.63) is 12.2 Å². The van der Waals surface area contributed by atoms with E-state index >= 15 is 0 Å². The maximum absolute atomic E-state index is 5.56. The summed E-state index contributed by atoms with van der Waals surface area (Å²) in [5.74, 6) is 2.19. The largest absolute Gasteiger partial charge is 0.309 e. The summed E-state index contributed by atoms with van der Waals surface area (Å²) in [6, 6.07) is 0. The molecular formula is C9H17ClN4. The zero-order valence-corrected chi connectivity index (χ0v) is 9.46. The Hall–Kier alpha value is -0.610. The van der Waals surface area contributed by atoms with Gasteiger partial charge in [-0.3, -0.25) is 0 Å². The summed E-state index contributed by atoms with van der Waals surface area (Å²) in [5.41, 5.74) is 0. The topological polar surface area (TPSA) is 42.7 Å². The average Bonchev–Trinajstić information content (AvgIpc) is 2.52. The van der Waals surface area contributed by atoms with Crippen LogP contribution in [0.3, 0.4) is 0 Å². The van der Waals surface area contributed by atoms with Crippen molar-refractivity contribution in [1.82, 2.24) is 20.1 Å². The van der Waals surface area contributed by atoms with Crippen LogP contribution in [0.15, 0.2) is 6.33 Å². The fourth-order valence-corrected chi connectivity index (χ4v) is 1.32. The highest BCUT2D eigenvalue weighted by Gasteiger charge is 2.04. The molecule has 0 unspecified atom stereocenters. The highest BCUT2D eigenvalue weighted by molar-refractivity contribution is 6.18. The second kappa shape index (κ2) is 5.98. The lowest BCUT2D eigenvalue weighted by Gasteiger charge is -2.08. The smallest absolute Gasteiger partial charge is 0.140 e. The van der Waals surface area contributed by atoms with Crippen molar-refractivity contribution < 1.29 is 0 Å². The minimum Gasteiger partial charge on any atom is -0.309 e. The third-order valence-electron chi connectivity index (χ3n) is 1.79. The van der Waals surface area contributed by atoms with Crippen molar-refractivity contribution in [3.8, 4) is 0 Å². The number of nitrogens with zero attached hydrogens (tertiary/aromatic N) is 3. The Morgan fingerprint density at radius 3 is 3.00 bits per heavy atom.